The van der Waals surface area contributed by atoms with Gasteiger partial charge in [-0.1, -0.05) is 0 Å². The molecule has 0 spiro atoms. The highest BCUT2D eigenvalue weighted by Gasteiger charge is 2.19. The molecule has 2 atom stereocenters. The molecule has 3 N–H and O–H groups in total. The van der Waals surface area contributed by atoms with Gasteiger partial charge in [-0.2, -0.15) is 0 Å². The fourth-order valence-electron chi connectivity index (χ4n) is 0.934. The molecule has 6 heteroatoms. The van der Waals surface area contributed by atoms with Crippen molar-refractivity contribution in [2.24, 2.45) is 0 Å². The summed E-state index contributed by atoms with van der Waals surface area (Å²) in [6.45, 7) is 4.50. The molecule has 1 saturated heterocycles. The minimum absolute atomic E-state index is 0.263. The van der Waals surface area contributed by atoms with Crippen LogP contribution in [0.1, 0.15) is 26.7 Å². The Morgan fingerprint density at radius 1 is 1.12 bits per heavy atom. The minimum Gasteiger partial charge on any atom is -0.393 e. The van der Waals surface area contributed by atoms with E-state index in [1.807, 2.05) is 0 Å². The van der Waals surface area contributed by atoms with Crippen LogP contribution in [-0.2, 0) is 14.3 Å². The second-order valence-corrected chi connectivity index (χ2v) is 3.70. The van der Waals surface area contributed by atoms with E-state index < -0.39 is 11.9 Å². The van der Waals surface area contributed by atoms with E-state index in [4.69, 9.17) is 10.2 Å². The van der Waals surface area contributed by atoms with Crippen molar-refractivity contribution in [1.82, 2.24) is 5.32 Å². The largest absolute Gasteiger partial charge is 0.393 e. The smallest absolute Gasteiger partial charge is 0.314 e. The van der Waals surface area contributed by atoms with Gasteiger partial charge in [0.05, 0.1) is 25.0 Å². The fourth-order valence-corrected chi connectivity index (χ4v) is 0.934. The quantitative estimate of drug-likeness (QED) is 0.434. The molecule has 16 heavy (non-hydrogen) atoms. The summed E-state index contributed by atoms with van der Waals surface area (Å²) in [4.78, 5) is 20.0. The van der Waals surface area contributed by atoms with Gasteiger partial charge < -0.3 is 20.3 Å². The molecule has 0 aromatic rings. The van der Waals surface area contributed by atoms with Gasteiger partial charge in [0.15, 0.2) is 0 Å². The molecule has 0 amide bonds. The zero-order valence-electron chi connectivity index (χ0n) is 9.60. The van der Waals surface area contributed by atoms with Crippen LogP contribution in [0.25, 0.3) is 0 Å². The van der Waals surface area contributed by atoms with E-state index >= 15 is 0 Å². The van der Waals surface area contributed by atoms with Gasteiger partial charge in [-0.15, -0.1) is 0 Å². The first-order chi connectivity index (χ1) is 7.41. The summed E-state index contributed by atoms with van der Waals surface area (Å²) in [5.74, 6) is -0.796. The zero-order valence-corrected chi connectivity index (χ0v) is 9.60. The predicted molar refractivity (Wildman–Crippen MR) is 56.6 cm³/mol. The lowest BCUT2D eigenvalue weighted by Crippen LogP contribution is -2.30. The highest BCUT2D eigenvalue weighted by Crippen LogP contribution is 2.03. The van der Waals surface area contributed by atoms with E-state index in [9.17, 15) is 9.59 Å². The van der Waals surface area contributed by atoms with Crippen LogP contribution < -0.4 is 5.32 Å². The summed E-state index contributed by atoms with van der Waals surface area (Å²) < 4.78 is 4.08. The van der Waals surface area contributed by atoms with Gasteiger partial charge in [0, 0.05) is 13.1 Å². The Kier molecular flexibility index (Phi) is 7.70. The number of hydrogen-bond acceptors (Lipinski definition) is 6. The summed E-state index contributed by atoms with van der Waals surface area (Å²) in [5.41, 5.74) is 0. The summed E-state index contributed by atoms with van der Waals surface area (Å²) in [7, 11) is 0. The highest BCUT2D eigenvalue weighted by atomic mass is 16.6. The predicted octanol–water partition coefficient (Wildman–Crippen LogP) is -0.812. The maximum Gasteiger partial charge on any atom is 0.314 e. The Morgan fingerprint density at radius 3 is 1.69 bits per heavy atom. The molecule has 1 rings (SSSR count). The molecule has 94 valence electrons. The van der Waals surface area contributed by atoms with E-state index in [1.54, 1.807) is 13.8 Å². The number of nitrogens with one attached hydrogen (secondary N) is 1. The number of hydrogen-bond donors (Lipinski definition) is 3. The first-order valence-electron chi connectivity index (χ1n) is 5.22. The van der Waals surface area contributed by atoms with Crippen LogP contribution in [0.5, 0.6) is 0 Å². The summed E-state index contributed by atoms with van der Waals surface area (Å²) in [6.07, 6.45) is -0.134. The van der Waals surface area contributed by atoms with E-state index in [2.05, 4.69) is 10.1 Å². The van der Waals surface area contributed by atoms with Crippen molar-refractivity contribution in [2.45, 2.75) is 38.9 Å². The Hall–Kier alpha value is -0.980. The minimum atomic E-state index is -0.398. The molecule has 2 unspecified atom stereocenters. The van der Waals surface area contributed by atoms with Crippen molar-refractivity contribution >= 4 is 11.9 Å². The molecule has 0 saturated carbocycles. The number of carbonyl (C=O) groups is 2. The van der Waals surface area contributed by atoms with Gasteiger partial charge in [0.25, 0.3) is 0 Å². The number of rotatable bonds is 4. The lowest BCUT2D eigenvalue weighted by Gasteiger charge is -2.07. The summed E-state index contributed by atoms with van der Waals surface area (Å²) >= 11 is 0. The van der Waals surface area contributed by atoms with Crippen molar-refractivity contribution in [2.75, 3.05) is 13.1 Å². The lowest BCUT2D eigenvalue weighted by molar-refractivity contribution is -0.151. The SMILES string of the molecule is CC(O)CNCC(C)O.O=C1CCC(=O)O1. The van der Waals surface area contributed by atoms with E-state index in [0.29, 0.717) is 13.1 Å². The molecule has 6 nitrogen and oxygen atoms in total. The number of cyclic esters (lactones) is 2. The van der Waals surface area contributed by atoms with Gasteiger partial charge in [-0.05, 0) is 13.8 Å². The van der Waals surface area contributed by atoms with Gasteiger partial charge in [0.2, 0.25) is 0 Å². The summed E-state index contributed by atoms with van der Waals surface area (Å²) in [6, 6.07) is 0. The molecule has 1 aliphatic rings. The molecule has 0 aliphatic carbocycles. The Labute approximate surface area is 94.6 Å². The van der Waals surface area contributed by atoms with Crippen LogP contribution in [-0.4, -0.2) is 47.4 Å². The molecule has 0 bridgehead atoms. The van der Waals surface area contributed by atoms with Crippen molar-refractivity contribution in [1.29, 1.82) is 0 Å². The molecule has 1 fully saturated rings. The number of aliphatic hydroxyl groups excluding tert-OH is 2. The molecular formula is C10H19NO5. The average molecular weight is 233 g/mol. The first kappa shape index (κ1) is 15.0. The van der Waals surface area contributed by atoms with E-state index in [0.717, 1.165) is 0 Å². The second kappa shape index (κ2) is 8.20. The second-order valence-electron chi connectivity index (χ2n) is 3.70. The fraction of sp³-hybridized carbons (Fsp3) is 0.800. The number of ether oxygens (including phenoxy) is 1. The first-order valence-corrected chi connectivity index (χ1v) is 5.22. The maximum absolute atomic E-state index is 10.0. The zero-order chi connectivity index (χ0) is 12.6. The van der Waals surface area contributed by atoms with Crippen LogP contribution in [0.3, 0.4) is 0 Å². The van der Waals surface area contributed by atoms with Crippen LogP contribution in [0, 0.1) is 0 Å². The molecule has 1 aliphatic heterocycles. The highest BCUT2D eigenvalue weighted by molar-refractivity contribution is 5.92. The van der Waals surface area contributed by atoms with E-state index in [-0.39, 0.29) is 25.0 Å². The number of aliphatic hydroxyl groups is 2. The number of esters is 2. The third-order valence-corrected chi connectivity index (χ3v) is 1.64. The van der Waals surface area contributed by atoms with Gasteiger partial charge >= 0.3 is 11.9 Å². The van der Waals surface area contributed by atoms with Gasteiger partial charge in [-0.25, -0.2) is 0 Å². The lowest BCUT2D eigenvalue weighted by atomic mass is 10.3. The summed E-state index contributed by atoms with van der Waals surface area (Å²) in [5, 5.41) is 20.3. The van der Waals surface area contributed by atoms with Crippen LogP contribution >= 0.6 is 0 Å². The molecule has 0 radical (unpaired) electrons. The van der Waals surface area contributed by atoms with Crippen LogP contribution in [0.15, 0.2) is 0 Å². The number of carbonyl (C=O) groups excluding carboxylic acids is 2. The van der Waals surface area contributed by atoms with Crippen molar-refractivity contribution < 1.29 is 24.5 Å². The Bertz CT molecular complexity index is 205. The van der Waals surface area contributed by atoms with Crippen LogP contribution in [0.2, 0.25) is 0 Å². The standard InChI is InChI=1S/C6H15NO2.C4H4O3/c1-5(8)3-7-4-6(2)9;5-3-1-2-4(6)7-3/h5-9H,3-4H2,1-2H3;1-2H2. The molecule has 1 heterocycles. The topological polar surface area (TPSA) is 95.9 Å². The molecule has 0 aromatic carbocycles. The van der Waals surface area contributed by atoms with Crippen molar-refractivity contribution in [3.8, 4) is 0 Å². The van der Waals surface area contributed by atoms with E-state index in [1.165, 1.54) is 0 Å². The Morgan fingerprint density at radius 2 is 1.50 bits per heavy atom. The van der Waals surface area contributed by atoms with Crippen molar-refractivity contribution in [3.05, 3.63) is 0 Å². The maximum atomic E-state index is 10.0. The average Bonchev–Trinajstić information content (AvgIpc) is 2.49. The Balaban J connectivity index is 0.000000288. The third-order valence-electron chi connectivity index (χ3n) is 1.64. The monoisotopic (exact) mass is 233 g/mol. The van der Waals surface area contributed by atoms with Gasteiger partial charge in [-0.3, -0.25) is 9.59 Å². The third kappa shape index (κ3) is 9.57. The normalized spacial score (nSPS) is 18.5. The van der Waals surface area contributed by atoms with Gasteiger partial charge in [0.1, 0.15) is 0 Å². The molecule has 0 aromatic heterocycles. The van der Waals surface area contributed by atoms with Crippen LogP contribution in [0.4, 0.5) is 0 Å². The van der Waals surface area contributed by atoms with Crippen molar-refractivity contribution in [3.63, 3.8) is 0 Å². The molecular weight excluding hydrogens is 214 g/mol.